The average molecular weight is 268 g/mol. The highest BCUT2D eigenvalue weighted by molar-refractivity contribution is 7.89. The molecule has 0 radical (unpaired) electrons. The van der Waals surface area contributed by atoms with Gasteiger partial charge in [-0.2, -0.15) is 4.31 Å². The maximum Gasteiger partial charge on any atom is 0.245 e. The molecule has 0 aromatic heterocycles. The summed E-state index contributed by atoms with van der Waals surface area (Å²) in [4.78, 5) is 0.209. The van der Waals surface area contributed by atoms with Crippen molar-refractivity contribution in [2.75, 3.05) is 18.8 Å². The number of hydrogen-bond acceptors (Lipinski definition) is 3. The van der Waals surface area contributed by atoms with E-state index >= 15 is 0 Å². The van der Waals surface area contributed by atoms with Crippen molar-refractivity contribution >= 4 is 15.7 Å². The molecule has 0 saturated heterocycles. The molecule has 4 nitrogen and oxygen atoms in total. The summed E-state index contributed by atoms with van der Waals surface area (Å²) >= 11 is 0. The Morgan fingerprint density at radius 2 is 2.11 bits per heavy atom. The maximum atomic E-state index is 12.6. The molecule has 1 rings (SSSR count). The first kappa shape index (κ1) is 14.7. The first-order valence-corrected chi connectivity index (χ1v) is 7.35. The van der Waals surface area contributed by atoms with E-state index in [0.717, 1.165) is 6.42 Å². The van der Waals surface area contributed by atoms with Gasteiger partial charge in [-0.15, -0.1) is 6.58 Å². The first-order valence-electron chi connectivity index (χ1n) is 5.91. The van der Waals surface area contributed by atoms with Gasteiger partial charge in [0.05, 0.1) is 5.69 Å². The van der Waals surface area contributed by atoms with Crippen LogP contribution in [-0.2, 0) is 10.0 Å². The topological polar surface area (TPSA) is 63.4 Å². The number of anilines is 1. The lowest BCUT2D eigenvalue weighted by Gasteiger charge is -2.22. The number of nitrogens with zero attached hydrogens (tertiary/aromatic N) is 1. The standard InChI is InChI=1S/C13H20N2O2S/c1-4-9-15(10-5-2)18(16,17)13-11(3)7-6-8-12(13)14/h4,6-8H,1,5,9-10,14H2,2-3H3. The predicted molar refractivity (Wildman–Crippen MR) is 74.8 cm³/mol. The Morgan fingerprint density at radius 1 is 1.44 bits per heavy atom. The summed E-state index contributed by atoms with van der Waals surface area (Å²) in [5.74, 6) is 0. The van der Waals surface area contributed by atoms with Crippen molar-refractivity contribution in [2.24, 2.45) is 0 Å². The second-order valence-electron chi connectivity index (χ2n) is 4.14. The smallest absolute Gasteiger partial charge is 0.245 e. The first-order chi connectivity index (χ1) is 8.45. The van der Waals surface area contributed by atoms with Gasteiger partial charge in [0.1, 0.15) is 4.90 Å². The molecule has 0 heterocycles. The Balaban J connectivity index is 3.30. The quantitative estimate of drug-likeness (QED) is 0.635. The van der Waals surface area contributed by atoms with Crippen LogP contribution in [0.15, 0.2) is 35.7 Å². The molecule has 0 aliphatic rings. The minimum atomic E-state index is -3.55. The number of rotatable bonds is 6. The maximum absolute atomic E-state index is 12.6. The van der Waals surface area contributed by atoms with Crippen molar-refractivity contribution in [3.05, 3.63) is 36.4 Å². The lowest BCUT2D eigenvalue weighted by Crippen LogP contribution is -2.33. The zero-order valence-corrected chi connectivity index (χ0v) is 11.7. The van der Waals surface area contributed by atoms with Crippen LogP contribution in [-0.4, -0.2) is 25.8 Å². The Bertz CT molecular complexity index is 504. The minimum absolute atomic E-state index is 0.209. The summed E-state index contributed by atoms with van der Waals surface area (Å²) in [6.45, 7) is 8.04. The molecule has 1 aromatic carbocycles. The van der Waals surface area contributed by atoms with Crippen LogP contribution in [0.5, 0.6) is 0 Å². The van der Waals surface area contributed by atoms with Gasteiger partial charge in [0, 0.05) is 13.1 Å². The van der Waals surface area contributed by atoms with E-state index in [1.165, 1.54) is 4.31 Å². The van der Waals surface area contributed by atoms with Crippen LogP contribution >= 0.6 is 0 Å². The molecule has 5 heteroatoms. The predicted octanol–water partition coefficient (Wildman–Crippen LogP) is 2.16. The molecular formula is C13H20N2O2S. The number of benzene rings is 1. The number of sulfonamides is 1. The molecule has 0 bridgehead atoms. The van der Waals surface area contributed by atoms with Gasteiger partial charge in [0.2, 0.25) is 10.0 Å². The van der Waals surface area contributed by atoms with Gasteiger partial charge in [0.25, 0.3) is 0 Å². The van der Waals surface area contributed by atoms with Crippen LogP contribution < -0.4 is 5.73 Å². The summed E-state index contributed by atoms with van der Waals surface area (Å²) < 4.78 is 26.5. The molecule has 18 heavy (non-hydrogen) atoms. The molecule has 0 fully saturated rings. The van der Waals surface area contributed by atoms with E-state index < -0.39 is 10.0 Å². The SMILES string of the molecule is C=CCN(CCC)S(=O)(=O)c1c(C)cccc1N. The molecule has 0 saturated carbocycles. The van der Waals surface area contributed by atoms with E-state index in [-0.39, 0.29) is 4.90 Å². The number of nitrogens with two attached hydrogens (primary N) is 1. The van der Waals surface area contributed by atoms with Gasteiger partial charge in [-0.25, -0.2) is 8.42 Å². The van der Waals surface area contributed by atoms with Gasteiger partial charge < -0.3 is 5.73 Å². The third-order valence-electron chi connectivity index (χ3n) is 2.65. The number of hydrogen-bond donors (Lipinski definition) is 1. The second kappa shape index (κ2) is 6.02. The zero-order valence-electron chi connectivity index (χ0n) is 10.9. The van der Waals surface area contributed by atoms with E-state index in [4.69, 9.17) is 5.73 Å². The van der Waals surface area contributed by atoms with Gasteiger partial charge in [-0.05, 0) is 25.0 Å². The largest absolute Gasteiger partial charge is 0.398 e. The van der Waals surface area contributed by atoms with Crippen molar-refractivity contribution in [1.82, 2.24) is 4.31 Å². The molecule has 100 valence electrons. The van der Waals surface area contributed by atoms with Crippen LogP contribution in [0.25, 0.3) is 0 Å². The molecule has 0 aliphatic heterocycles. The Morgan fingerprint density at radius 3 is 2.61 bits per heavy atom. The van der Waals surface area contributed by atoms with Crippen molar-refractivity contribution in [1.29, 1.82) is 0 Å². The lowest BCUT2D eigenvalue weighted by atomic mass is 10.2. The fourth-order valence-electron chi connectivity index (χ4n) is 1.86. The minimum Gasteiger partial charge on any atom is -0.398 e. The number of aryl methyl sites for hydroxylation is 1. The molecule has 0 aliphatic carbocycles. The molecule has 0 amide bonds. The molecular weight excluding hydrogens is 248 g/mol. The Hall–Kier alpha value is -1.33. The summed E-state index contributed by atoms with van der Waals surface area (Å²) in [5.41, 5.74) is 6.76. The van der Waals surface area contributed by atoms with Crippen LogP contribution in [0.4, 0.5) is 5.69 Å². The van der Waals surface area contributed by atoms with E-state index in [1.54, 1.807) is 31.2 Å². The molecule has 0 spiro atoms. The van der Waals surface area contributed by atoms with E-state index in [2.05, 4.69) is 6.58 Å². The summed E-state index contributed by atoms with van der Waals surface area (Å²) in [6.07, 6.45) is 2.33. The normalized spacial score (nSPS) is 11.7. The third kappa shape index (κ3) is 2.91. The van der Waals surface area contributed by atoms with Crippen LogP contribution in [0.3, 0.4) is 0 Å². The molecule has 1 aromatic rings. The van der Waals surface area contributed by atoms with Crippen molar-refractivity contribution < 1.29 is 8.42 Å². The second-order valence-corrected chi connectivity index (χ2v) is 6.02. The summed E-state index contributed by atoms with van der Waals surface area (Å²) in [5, 5.41) is 0. The Kier molecular flexibility index (Phi) is 4.93. The highest BCUT2D eigenvalue weighted by Crippen LogP contribution is 2.25. The van der Waals surface area contributed by atoms with Crippen molar-refractivity contribution in [2.45, 2.75) is 25.2 Å². The van der Waals surface area contributed by atoms with Crippen molar-refractivity contribution in [3.63, 3.8) is 0 Å². The van der Waals surface area contributed by atoms with Gasteiger partial charge in [-0.1, -0.05) is 25.1 Å². The monoisotopic (exact) mass is 268 g/mol. The van der Waals surface area contributed by atoms with Crippen LogP contribution in [0.1, 0.15) is 18.9 Å². The molecule has 2 N–H and O–H groups in total. The fourth-order valence-corrected chi connectivity index (χ4v) is 3.68. The molecule has 0 atom stereocenters. The fraction of sp³-hybridized carbons (Fsp3) is 0.385. The average Bonchev–Trinajstić information content (AvgIpc) is 2.28. The summed E-state index contributed by atoms with van der Waals surface area (Å²) in [7, 11) is -3.55. The lowest BCUT2D eigenvalue weighted by molar-refractivity contribution is 0.441. The highest BCUT2D eigenvalue weighted by atomic mass is 32.2. The van der Waals surface area contributed by atoms with Gasteiger partial charge >= 0.3 is 0 Å². The highest BCUT2D eigenvalue weighted by Gasteiger charge is 2.26. The summed E-state index contributed by atoms with van der Waals surface area (Å²) in [6, 6.07) is 5.11. The molecule has 0 unspecified atom stereocenters. The number of nitrogen functional groups attached to an aromatic ring is 1. The van der Waals surface area contributed by atoms with Gasteiger partial charge in [-0.3, -0.25) is 0 Å². The van der Waals surface area contributed by atoms with Crippen LogP contribution in [0, 0.1) is 6.92 Å². The van der Waals surface area contributed by atoms with Crippen LogP contribution in [0.2, 0.25) is 0 Å². The van der Waals surface area contributed by atoms with Gasteiger partial charge in [0.15, 0.2) is 0 Å². The Labute approximate surface area is 109 Å². The van der Waals surface area contributed by atoms with E-state index in [1.807, 2.05) is 6.92 Å². The zero-order chi connectivity index (χ0) is 13.8. The van der Waals surface area contributed by atoms with E-state index in [0.29, 0.717) is 24.3 Å². The van der Waals surface area contributed by atoms with Crippen molar-refractivity contribution in [3.8, 4) is 0 Å². The third-order valence-corrected chi connectivity index (χ3v) is 4.73. The van der Waals surface area contributed by atoms with E-state index in [9.17, 15) is 8.42 Å².